The zero-order chi connectivity index (χ0) is 49.4. The van der Waals surface area contributed by atoms with E-state index < -0.39 is 53.5 Å². The Morgan fingerprint density at radius 1 is 0.735 bits per heavy atom. The van der Waals surface area contributed by atoms with Crippen LogP contribution < -0.4 is 26.0 Å². The average Bonchev–Trinajstić information content (AvgIpc) is 4.05. The Balaban J connectivity index is 1.38. The van der Waals surface area contributed by atoms with E-state index in [1.165, 1.54) is 6.92 Å². The molecule has 0 radical (unpaired) electrons. The van der Waals surface area contributed by atoms with Crippen molar-refractivity contribution in [1.29, 1.82) is 0 Å². The van der Waals surface area contributed by atoms with Crippen molar-refractivity contribution in [2.24, 2.45) is 17.0 Å². The molecule has 5 rings (SSSR count). The standard InChI is InChI=1S/C51H67BrN6O10/c1-33(2)26-42(47(61)51(7)32-66-51)54-50(64)44(29-38-16-12-9-13-17-38)56-49(63)43(27-34(3)4)55-48(62)41(20-18-37-14-10-8-11-15-37)53-46(60)31-58(22-24-65-25-23-58)30-39-19-21-45(67-36(6)59)40(28-39)35(5)57-68-52/h8-17,19,21,28,33-34,41-44H,18,20,22-27,29-32H2,1-7H3,(H3-,53,54,55,56,60,62,63,64)/p+1/b57-35+/t41-,42?,43?,44-,51+/m0/s1. The number of hydrogen-bond acceptors (Lipinski definition) is 11. The Labute approximate surface area is 408 Å². The molecule has 368 valence electrons. The number of epoxide rings is 1. The molecule has 2 saturated heterocycles. The van der Waals surface area contributed by atoms with Crippen LogP contribution in [0.15, 0.2) is 84.0 Å². The molecule has 2 aliphatic rings. The molecule has 3 aromatic rings. The lowest BCUT2D eigenvalue weighted by atomic mass is 9.93. The number of ketones is 1. The molecule has 2 unspecified atom stereocenters. The molecule has 2 heterocycles. The maximum atomic E-state index is 14.5. The van der Waals surface area contributed by atoms with Crippen molar-refractivity contribution in [2.45, 2.75) is 117 Å². The molecule has 4 amide bonds. The molecule has 3 aromatic carbocycles. The normalized spacial score (nSPS) is 18.4. The largest absolute Gasteiger partial charge is 0.426 e. The zero-order valence-electron chi connectivity index (χ0n) is 40.3. The van der Waals surface area contributed by atoms with Crippen LogP contribution in [-0.2, 0) is 61.6 Å². The highest BCUT2D eigenvalue weighted by atomic mass is 79.9. The minimum atomic E-state index is -1.09. The number of halogens is 1. The van der Waals surface area contributed by atoms with E-state index in [4.69, 9.17) is 18.1 Å². The summed E-state index contributed by atoms with van der Waals surface area (Å²) in [4.78, 5) is 82.9. The Kier molecular flexibility index (Phi) is 19.8. The molecule has 5 atom stereocenters. The molecule has 0 spiro atoms. The summed E-state index contributed by atoms with van der Waals surface area (Å²) in [5.41, 5.74) is 2.65. The average molecular weight is 1010 g/mol. The monoisotopic (exact) mass is 1000 g/mol. The third-order valence-corrected chi connectivity index (χ3v) is 12.3. The number of esters is 1. The Morgan fingerprint density at radius 3 is 1.88 bits per heavy atom. The highest BCUT2D eigenvalue weighted by Crippen LogP contribution is 2.30. The van der Waals surface area contributed by atoms with Crippen LogP contribution >= 0.6 is 16.3 Å². The number of rotatable bonds is 25. The van der Waals surface area contributed by atoms with Gasteiger partial charge in [-0.15, -0.1) is 0 Å². The molecule has 17 heteroatoms. The molecule has 68 heavy (non-hydrogen) atoms. The van der Waals surface area contributed by atoms with E-state index in [2.05, 4.69) is 42.7 Å². The summed E-state index contributed by atoms with van der Waals surface area (Å²) in [7, 11) is 0. The van der Waals surface area contributed by atoms with Gasteiger partial charge in [0.1, 0.15) is 49.1 Å². The molecule has 2 fully saturated rings. The number of aryl methyl sites for hydroxylation is 1. The number of oxime groups is 1. The molecule has 2 aliphatic heterocycles. The minimum Gasteiger partial charge on any atom is -0.426 e. The number of Topliss-reactive ketones (excluding diaryl/α,β-unsaturated/α-hetero) is 1. The third kappa shape index (κ3) is 16.3. The Bertz CT molecular complexity index is 2230. The summed E-state index contributed by atoms with van der Waals surface area (Å²) in [6, 6.07) is 20.3. The fraction of sp³-hybridized carbons (Fsp3) is 0.510. The van der Waals surface area contributed by atoms with Crippen LogP contribution in [-0.4, -0.2) is 115 Å². The fourth-order valence-corrected chi connectivity index (χ4v) is 8.68. The number of benzene rings is 3. The first-order valence-electron chi connectivity index (χ1n) is 23.4. The summed E-state index contributed by atoms with van der Waals surface area (Å²) < 4.78 is 21.8. The van der Waals surface area contributed by atoms with Gasteiger partial charge in [0, 0.05) is 24.5 Å². The van der Waals surface area contributed by atoms with E-state index in [0.29, 0.717) is 67.2 Å². The highest BCUT2D eigenvalue weighted by Gasteiger charge is 2.50. The lowest BCUT2D eigenvalue weighted by Gasteiger charge is -2.41. The van der Waals surface area contributed by atoms with Gasteiger partial charge in [0.25, 0.3) is 5.91 Å². The first kappa shape index (κ1) is 53.5. The summed E-state index contributed by atoms with van der Waals surface area (Å²) in [5, 5.41) is 15.8. The second-order valence-corrected chi connectivity index (χ2v) is 19.3. The maximum absolute atomic E-state index is 14.5. The van der Waals surface area contributed by atoms with Crippen LogP contribution in [0.3, 0.4) is 0 Å². The second-order valence-electron chi connectivity index (χ2n) is 19.0. The van der Waals surface area contributed by atoms with E-state index >= 15 is 0 Å². The number of morpholine rings is 1. The molecule has 4 N–H and O–H groups in total. The number of nitrogens with zero attached hydrogens (tertiary/aromatic N) is 2. The Hall–Kier alpha value is -5.49. The smallest absolute Gasteiger partial charge is 0.308 e. The number of carbonyl (C=O) groups excluding carboxylic acids is 6. The molecular formula is C51H68BrN6O10+. The molecule has 16 nitrogen and oxygen atoms in total. The van der Waals surface area contributed by atoms with Gasteiger partial charge in [0.05, 0.1) is 31.6 Å². The Morgan fingerprint density at radius 2 is 1.29 bits per heavy atom. The van der Waals surface area contributed by atoms with Gasteiger partial charge in [0.2, 0.25) is 34.0 Å². The van der Waals surface area contributed by atoms with Gasteiger partial charge >= 0.3 is 5.97 Å². The summed E-state index contributed by atoms with van der Waals surface area (Å²) in [5.74, 6) is -2.35. The molecule has 0 bridgehead atoms. The van der Waals surface area contributed by atoms with Crippen LogP contribution in [0.2, 0.25) is 0 Å². The van der Waals surface area contributed by atoms with Crippen LogP contribution in [0.25, 0.3) is 0 Å². The SMILES string of the molecule is CC(=O)Oc1ccc(C[N+]2(CC(=O)N[C@@H](CCc3ccccc3)C(=O)NC(CC(C)C)C(=O)N[C@@H](Cc3ccccc3)C(=O)NC(CC(C)C)C(=O)[C@@]3(C)CO3)CCOCC2)cc1/C(C)=N/OBr. The lowest BCUT2D eigenvalue weighted by molar-refractivity contribution is -0.940. The van der Waals surface area contributed by atoms with Crippen LogP contribution in [0, 0.1) is 11.8 Å². The van der Waals surface area contributed by atoms with Gasteiger partial charge in [-0.1, -0.05) is 93.5 Å². The van der Waals surface area contributed by atoms with E-state index in [1.807, 2.05) is 100 Å². The summed E-state index contributed by atoms with van der Waals surface area (Å²) in [6.07, 6.45) is 1.46. The van der Waals surface area contributed by atoms with Crippen molar-refractivity contribution in [2.75, 3.05) is 39.5 Å². The van der Waals surface area contributed by atoms with Crippen LogP contribution in [0.4, 0.5) is 0 Å². The first-order valence-corrected chi connectivity index (χ1v) is 24.1. The number of ether oxygens (including phenoxy) is 3. The maximum Gasteiger partial charge on any atom is 0.308 e. The van der Waals surface area contributed by atoms with E-state index in [9.17, 15) is 28.8 Å². The molecule has 0 aromatic heterocycles. The quantitative estimate of drug-likeness (QED) is 0.0216. The van der Waals surface area contributed by atoms with Gasteiger partial charge in [0.15, 0.2) is 12.3 Å². The molecule has 0 saturated carbocycles. The predicted octanol–water partition coefficient (Wildman–Crippen LogP) is 5.27. The minimum absolute atomic E-state index is 0.0227. The lowest BCUT2D eigenvalue weighted by Crippen LogP contribution is -2.61. The van der Waals surface area contributed by atoms with Crippen molar-refractivity contribution in [3.05, 3.63) is 101 Å². The predicted molar refractivity (Wildman–Crippen MR) is 260 cm³/mol. The van der Waals surface area contributed by atoms with Crippen molar-refractivity contribution in [3.8, 4) is 5.75 Å². The fourth-order valence-electron chi connectivity index (χ4n) is 8.46. The second kappa shape index (κ2) is 25.2. The van der Waals surface area contributed by atoms with Crippen LogP contribution in [0.5, 0.6) is 5.75 Å². The van der Waals surface area contributed by atoms with Gasteiger partial charge in [-0.25, -0.2) is 0 Å². The first-order chi connectivity index (χ1) is 32.4. The van der Waals surface area contributed by atoms with E-state index in [-0.39, 0.29) is 55.9 Å². The van der Waals surface area contributed by atoms with Crippen molar-refractivity contribution < 1.29 is 51.4 Å². The molecular weight excluding hydrogens is 936 g/mol. The number of amides is 4. The number of nitrogens with one attached hydrogen (secondary N) is 4. The summed E-state index contributed by atoms with van der Waals surface area (Å²) in [6.45, 7) is 15.1. The number of quaternary nitrogens is 1. The summed E-state index contributed by atoms with van der Waals surface area (Å²) >= 11 is 2.86. The van der Waals surface area contributed by atoms with Crippen molar-refractivity contribution in [3.63, 3.8) is 0 Å². The highest BCUT2D eigenvalue weighted by molar-refractivity contribution is 9.06. The van der Waals surface area contributed by atoms with Crippen molar-refractivity contribution >= 4 is 57.4 Å². The van der Waals surface area contributed by atoms with Gasteiger partial charge in [-0.05, 0) is 80.7 Å². The van der Waals surface area contributed by atoms with Crippen molar-refractivity contribution in [1.82, 2.24) is 21.3 Å². The zero-order valence-corrected chi connectivity index (χ0v) is 41.9. The van der Waals surface area contributed by atoms with E-state index in [0.717, 1.165) is 16.7 Å². The number of hydrogen-bond donors (Lipinski definition) is 4. The van der Waals surface area contributed by atoms with Gasteiger partial charge < -0.3 is 43.9 Å². The molecule has 0 aliphatic carbocycles. The van der Waals surface area contributed by atoms with Gasteiger partial charge in [-0.2, -0.15) is 0 Å². The van der Waals surface area contributed by atoms with Crippen LogP contribution in [0.1, 0.15) is 90.0 Å². The topological polar surface area (TPSA) is 203 Å². The van der Waals surface area contributed by atoms with E-state index in [1.54, 1.807) is 19.9 Å². The van der Waals surface area contributed by atoms with Gasteiger partial charge in [-0.3, -0.25) is 28.8 Å². The number of carbonyl (C=O) groups is 6. The third-order valence-electron chi connectivity index (χ3n) is 12.2.